The van der Waals surface area contributed by atoms with Gasteiger partial charge in [-0.25, -0.2) is 9.67 Å². The monoisotopic (exact) mass is 394 g/mol. The minimum atomic E-state index is -0.877. The fourth-order valence-corrected chi connectivity index (χ4v) is 3.30. The van der Waals surface area contributed by atoms with Crippen LogP contribution in [0, 0.1) is 6.92 Å². The number of carbonyl (C=O) groups excluding carboxylic acids is 1. The summed E-state index contributed by atoms with van der Waals surface area (Å²) in [6, 6.07) is 9.53. The quantitative estimate of drug-likeness (QED) is 0.632. The number of nitrogens with one attached hydrogen (secondary N) is 1. The highest BCUT2D eigenvalue weighted by Crippen LogP contribution is 2.28. The largest absolute Gasteiger partial charge is 0.481 e. The van der Waals surface area contributed by atoms with Gasteiger partial charge in [0.1, 0.15) is 0 Å². The lowest BCUT2D eigenvalue weighted by Crippen LogP contribution is -2.33. The molecule has 0 saturated heterocycles. The molecule has 1 unspecified atom stereocenters. The van der Waals surface area contributed by atoms with Crippen LogP contribution in [0.4, 0.5) is 0 Å². The smallest absolute Gasteiger partial charge is 0.303 e. The SMILES string of the molecule is Cc1ccccc1-c1cc(C(=O)NC(C)CCC(=O)O)c2cnn(C(C)C)c2n1. The number of pyridine rings is 1. The van der Waals surface area contributed by atoms with Crippen LogP contribution in [-0.2, 0) is 4.79 Å². The first kappa shape index (κ1) is 20.5. The summed E-state index contributed by atoms with van der Waals surface area (Å²) in [5.74, 6) is -1.13. The molecule has 7 heteroatoms. The topological polar surface area (TPSA) is 97.1 Å². The highest BCUT2D eigenvalue weighted by Gasteiger charge is 2.20. The van der Waals surface area contributed by atoms with Gasteiger partial charge in [0.25, 0.3) is 5.91 Å². The molecule has 0 radical (unpaired) electrons. The van der Waals surface area contributed by atoms with Gasteiger partial charge in [-0.1, -0.05) is 24.3 Å². The predicted molar refractivity (Wildman–Crippen MR) is 112 cm³/mol. The Morgan fingerprint density at radius 3 is 2.59 bits per heavy atom. The Morgan fingerprint density at radius 2 is 1.93 bits per heavy atom. The summed E-state index contributed by atoms with van der Waals surface area (Å²) in [7, 11) is 0. The van der Waals surface area contributed by atoms with Crippen molar-refractivity contribution >= 4 is 22.9 Å². The molecule has 1 amide bonds. The second-order valence-corrected chi connectivity index (χ2v) is 7.60. The van der Waals surface area contributed by atoms with Gasteiger partial charge in [0, 0.05) is 24.1 Å². The molecule has 0 bridgehead atoms. The van der Waals surface area contributed by atoms with E-state index in [0.717, 1.165) is 11.1 Å². The molecule has 0 fully saturated rings. The number of carboxylic acid groups (broad SMARTS) is 1. The molecule has 1 atom stereocenters. The van der Waals surface area contributed by atoms with E-state index in [1.165, 1.54) is 0 Å². The summed E-state index contributed by atoms with van der Waals surface area (Å²) >= 11 is 0. The van der Waals surface area contributed by atoms with Crippen LogP contribution in [0.25, 0.3) is 22.3 Å². The van der Waals surface area contributed by atoms with Gasteiger partial charge in [0.15, 0.2) is 5.65 Å². The zero-order valence-electron chi connectivity index (χ0n) is 17.1. The van der Waals surface area contributed by atoms with Gasteiger partial charge in [-0.05, 0) is 45.7 Å². The first-order chi connectivity index (χ1) is 13.8. The number of carboxylic acids is 1. The molecule has 0 aliphatic rings. The number of rotatable bonds is 7. The molecule has 7 nitrogen and oxygen atoms in total. The minimum Gasteiger partial charge on any atom is -0.481 e. The molecule has 2 heterocycles. The van der Waals surface area contributed by atoms with Gasteiger partial charge in [-0.2, -0.15) is 5.10 Å². The van der Waals surface area contributed by atoms with Crippen LogP contribution >= 0.6 is 0 Å². The fourth-order valence-electron chi connectivity index (χ4n) is 3.30. The van der Waals surface area contributed by atoms with Gasteiger partial charge >= 0.3 is 5.97 Å². The lowest BCUT2D eigenvalue weighted by Gasteiger charge is -2.15. The maximum absolute atomic E-state index is 13.0. The predicted octanol–water partition coefficient (Wildman–Crippen LogP) is 3.97. The van der Waals surface area contributed by atoms with E-state index in [4.69, 9.17) is 10.1 Å². The number of aromatic nitrogens is 3. The molecule has 3 rings (SSSR count). The number of fused-ring (bicyclic) bond motifs is 1. The molecule has 0 aliphatic carbocycles. The number of benzene rings is 1. The normalized spacial score (nSPS) is 12.3. The van der Waals surface area contributed by atoms with Crippen LogP contribution in [0.5, 0.6) is 0 Å². The van der Waals surface area contributed by atoms with E-state index >= 15 is 0 Å². The molecule has 0 aliphatic heterocycles. The lowest BCUT2D eigenvalue weighted by atomic mass is 10.0. The maximum Gasteiger partial charge on any atom is 0.303 e. The van der Waals surface area contributed by atoms with E-state index in [0.29, 0.717) is 28.7 Å². The van der Waals surface area contributed by atoms with Gasteiger partial charge in [-0.15, -0.1) is 0 Å². The molecule has 0 saturated carbocycles. The standard InChI is InChI=1S/C22H26N4O3/c1-13(2)26-21-18(12-23-26)17(22(29)24-15(4)9-10-20(27)28)11-19(25-21)16-8-6-5-7-14(16)3/h5-8,11-13,15H,9-10H2,1-4H3,(H,24,29)(H,27,28). The third-order valence-corrected chi connectivity index (χ3v) is 4.89. The average molecular weight is 394 g/mol. The van der Waals surface area contributed by atoms with E-state index in [2.05, 4.69) is 10.4 Å². The van der Waals surface area contributed by atoms with E-state index in [1.807, 2.05) is 49.7 Å². The van der Waals surface area contributed by atoms with E-state index in [-0.39, 0.29) is 24.4 Å². The Kier molecular flexibility index (Phi) is 5.96. The number of aliphatic carboxylic acids is 1. The van der Waals surface area contributed by atoms with Gasteiger partial charge in [0.2, 0.25) is 0 Å². The van der Waals surface area contributed by atoms with Gasteiger partial charge in [-0.3, -0.25) is 9.59 Å². The Balaban J connectivity index is 2.07. The summed E-state index contributed by atoms with van der Waals surface area (Å²) in [4.78, 5) is 28.7. The highest BCUT2D eigenvalue weighted by molar-refractivity contribution is 6.06. The van der Waals surface area contributed by atoms with Crippen molar-refractivity contribution < 1.29 is 14.7 Å². The fraction of sp³-hybridized carbons (Fsp3) is 0.364. The molecule has 152 valence electrons. The Morgan fingerprint density at radius 1 is 1.21 bits per heavy atom. The molecule has 2 N–H and O–H groups in total. The molecule has 2 aromatic heterocycles. The third-order valence-electron chi connectivity index (χ3n) is 4.89. The van der Waals surface area contributed by atoms with Crippen LogP contribution in [0.3, 0.4) is 0 Å². The van der Waals surface area contributed by atoms with Crippen molar-refractivity contribution in [1.29, 1.82) is 0 Å². The Bertz CT molecular complexity index is 1060. The summed E-state index contributed by atoms with van der Waals surface area (Å²) in [5, 5.41) is 16.9. The van der Waals surface area contributed by atoms with Crippen molar-refractivity contribution in [3.8, 4) is 11.3 Å². The van der Waals surface area contributed by atoms with E-state index in [1.54, 1.807) is 19.2 Å². The zero-order chi connectivity index (χ0) is 21.1. The molecular formula is C22H26N4O3. The second-order valence-electron chi connectivity index (χ2n) is 7.60. The Hall–Kier alpha value is -3.22. The van der Waals surface area contributed by atoms with Crippen LogP contribution in [0.1, 0.15) is 55.6 Å². The van der Waals surface area contributed by atoms with Crippen LogP contribution in [-0.4, -0.2) is 37.8 Å². The van der Waals surface area contributed by atoms with Crippen LogP contribution in [0.15, 0.2) is 36.5 Å². The molecular weight excluding hydrogens is 368 g/mol. The summed E-state index contributed by atoms with van der Waals surface area (Å²) in [6.07, 6.45) is 2.04. The Labute approximate surface area is 169 Å². The highest BCUT2D eigenvalue weighted by atomic mass is 16.4. The zero-order valence-corrected chi connectivity index (χ0v) is 17.1. The van der Waals surface area contributed by atoms with E-state index < -0.39 is 5.97 Å². The van der Waals surface area contributed by atoms with Crippen molar-refractivity contribution in [3.05, 3.63) is 47.7 Å². The van der Waals surface area contributed by atoms with E-state index in [9.17, 15) is 9.59 Å². The number of aryl methyl sites for hydroxylation is 1. The third kappa shape index (κ3) is 4.45. The minimum absolute atomic E-state index is 0.00689. The molecule has 1 aromatic carbocycles. The summed E-state index contributed by atoms with van der Waals surface area (Å²) < 4.78 is 1.81. The lowest BCUT2D eigenvalue weighted by molar-refractivity contribution is -0.137. The van der Waals surface area contributed by atoms with Crippen molar-refractivity contribution in [2.75, 3.05) is 0 Å². The maximum atomic E-state index is 13.0. The average Bonchev–Trinajstić information content (AvgIpc) is 3.10. The summed E-state index contributed by atoms with van der Waals surface area (Å²) in [5.41, 5.74) is 3.88. The molecule has 29 heavy (non-hydrogen) atoms. The van der Waals surface area contributed by atoms with Crippen molar-refractivity contribution in [2.24, 2.45) is 0 Å². The first-order valence-electron chi connectivity index (χ1n) is 9.74. The number of carbonyl (C=O) groups is 2. The molecule has 0 spiro atoms. The number of amides is 1. The van der Waals surface area contributed by atoms with Crippen molar-refractivity contribution in [2.45, 2.75) is 52.6 Å². The van der Waals surface area contributed by atoms with Crippen molar-refractivity contribution in [1.82, 2.24) is 20.1 Å². The van der Waals surface area contributed by atoms with Crippen LogP contribution < -0.4 is 5.32 Å². The molecule has 3 aromatic rings. The number of hydrogen-bond acceptors (Lipinski definition) is 4. The second kappa shape index (κ2) is 8.43. The van der Waals surface area contributed by atoms with Gasteiger partial charge in [0.05, 0.1) is 22.8 Å². The van der Waals surface area contributed by atoms with Crippen molar-refractivity contribution in [3.63, 3.8) is 0 Å². The summed E-state index contributed by atoms with van der Waals surface area (Å²) in [6.45, 7) is 7.85. The first-order valence-corrected chi connectivity index (χ1v) is 9.74. The number of nitrogens with zero attached hydrogens (tertiary/aromatic N) is 3. The van der Waals surface area contributed by atoms with Crippen LogP contribution in [0.2, 0.25) is 0 Å². The number of hydrogen-bond donors (Lipinski definition) is 2. The van der Waals surface area contributed by atoms with Gasteiger partial charge < -0.3 is 10.4 Å².